The molecule has 19 heteroatoms. The zero-order chi connectivity index (χ0) is 74.6. The van der Waals surface area contributed by atoms with Crippen molar-refractivity contribution in [2.75, 3.05) is 39.6 Å². The molecule has 0 heterocycles. The second kappa shape index (κ2) is 72.7. The molecule has 5 unspecified atom stereocenters. The molecule has 0 spiro atoms. The molecule has 0 aliphatic carbocycles. The van der Waals surface area contributed by atoms with Gasteiger partial charge in [0.25, 0.3) is 0 Å². The van der Waals surface area contributed by atoms with Gasteiger partial charge in [-0.15, -0.1) is 0 Å². The number of carbonyl (C=O) groups is 4. The minimum absolute atomic E-state index is 0.0102. The highest BCUT2D eigenvalue weighted by molar-refractivity contribution is 7.47. The number of rotatable bonds is 66. The van der Waals surface area contributed by atoms with E-state index in [1.165, 1.54) is 0 Å². The second-order valence-corrected chi connectivity index (χ2v) is 26.3. The first kappa shape index (κ1) is 95.4. The smallest absolute Gasteiger partial charge is 0.462 e. The van der Waals surface area contributed by atoms with Gasteiger partial charge in [-0.2, -0.15) is 0 Å². The summed E-state index contributed by atoms with van der Waals surface area (Å²) in [5.41, 5.74) is 0. The molecule has 0 aromatic carbocycles. The number of aliphatic hydroxyl groups is 1. The Bertz CT molecular complexity index is 2800. The van der Waals surface area contributed by atoms with Crippen LogP contribution in [0.1, 0.15) is 220 Å². The Hall–Kier alpha value is -6.62. The van der Waals surface area contributed by atoms with Crippen molar-refractivity contribution in [3.63, 3.8) is 0 Å². The molecule has 0 rings (SSSR count). The normalized spacial score (nSPS) is 15.2. The molecule has 17 nitrogen and oxygen atoms in total. The summed E-state index contributed by atoms with van der Waals surface area (Å²) in [6.45, 7) is 4.03. The van der Waals surface area contributed by atoms with E-state index in [1.54, 1.807) is 18.2 Å². The number of unbranched alkanes of at least 4 members (excludes halogenated alkanes) is 6. The molecule has 0 fully saturated rings. The minimum Gasteiger partial charge on any atom is -0.462 e. The number of hydrogen-bond donors (Lipinski definition) is 3. The van der Waals surface area contributed by atoms with Crippen molar-refractivity contribution >= 4 is 39.5 Å². The first-order valence-corrected chi connectivity index (χ1v) is 40.0. The van der Waals surface area contributed by atoms with Gasteiger partial charge in [0.2, 0.25) is 0 Å². The molecule has 0 saturated carbocycles. The topological polar surface area (TPSA) is 237 Å². The van der Waals surface area contributed by atoms with Crippen LogP contribution in [0.3, 0.4) is 0 Å². The predicted octanol–water partition coefficient (Wildman–Crippen LogP) is 21.3. The van der Waals surface area contributed by atoms with Crippen molar-refractivity contribution in [2.45, 2.75) is 239 Å². The Kier molecular flexibility index (Phi) is 68.0. The van der Waals surface area contributed by atoms with Crippen LogP contribution in [0.5, 0.6) is 0 Å². The number of phosphoric ester groups is 2. The van der Waals surface area contributed by atoms with Crippen LogP contribution in [0.4, 0.5) is 0 Å². The second-order valence-electron chi connectivity index (χ2n) is 23.4. The summed E-state index contributed by atoms with van der Waals surface area (Å²) in [4.78, 5) is 72.7. The highest BCUT2D eigenvalue weighted by atomic mass is 31.2. The summed E-state index contributed by atoms with van der Waals surface area (Å²) in [7, 11) is -10.1. The van der Waals surface area contributed by atoms with E-state index in [0.29, 0.717) is 32.1 Å². The molecule has 5 atom stereocenters. The lowest BCUT2D eigenvalue weighted by Gasteiger charge is -2.21. The first-order chi connectivity index (χ1) is 49.7. The van der Waals surface area contributed by atoms with Gasteiger partial charge in [0.15, 0.2) is 12.2 Å². The highest BCUT2D eigenvalue weighted by Crippen LogP contribution is 2.45. The van der Waals surface area contributed by atoms with Crippen LogP contribution >= 0.6 is 15.6 Å². The van der Waals surface area contributed by atoms with Gasteiger partial charge in [0.1, 0.15) is 19.3 Å². The van der Waals surface area contributed by atoms with Gasteiger partial charge in [0.05, 0.1) is 39.3 Å². The number of ether oxygens (including phenoxy) is 4. The van der Waals surface area contributed by atoms with Gasteiger partial charge in [-0.05, 0) is 154 Å². The molecule has 3 N–H and O–H groups in total. The van der Waals surface area contributed by atoms with Crippen LogP contribution < -0.4 is 0 Å². The van der Waals surface area contributed by atoms with E-state index in [0.717, 1.165) is 135 Å². The molecule has 0 radical (unpaired) electrons. The summed E-state index contributed by atoms with van der Waals surface area (Å²) >= 11 is 0. The molecule has 0 aromatic rings. The average molecular weight is 1460 g/mol. The van der Waals surface area contributed by atoms with E-state index in [9.17, 15) is 43.2 Å². The van der Waals surface area contributed by atoms with Crippen LogP contribution in [-0.2, 0) is 65.4 Å². The fourth-order valence-corrected chi connectivity index (χ4v) is 10.1. The number of carbonyl (C=O) groups excluding carboxylic acids is 4. The molecule has 0 bridgehead atoms. The Balaban J connectivity index is 5.59. The van der Waals surface area contributed by atoms with E-state index >= 15 is 0 Å². The van der Waals surface area contributed by atoms with Crippen LogP contribution in [-0.4, -0.2) is 96.7 Å². The largest absolute Gasteiger partial charge is 0.472 e. The van der Waals surface area contributed by atoms with E-state index in [2.05, 4.69) is 192 Å². The molecule has 0 aliphatic heterocycles. The highest BCUT2D eigenvalue weighted by Gasteiger charge is 2.30. The van der Waals surface area contributed by atoms with Gasteiger partial charge >= 0.3 is 39.5 Å². The van der Waals surface area contributed by atoms with Gasteiger partial charge in [0, 0.05) is 12.8 Å². The van der Waals surface area contributed by atoms with Gasteiger partial charge in [-0.3, -0.25) is 37.3 Å². The zero-order valence-electron chi connectivity index (χ0n) is 61.9. The third kappa shape index (κ3) is 71.8. The Morgan fingerprint density at radius 1 is 0.284 bits per heavy atom. The van der Waals surface area contributed by atoms with Gasteiger partial charge in [-0.1, -0.05) is 259 Å². The van der Waals surface area contributed by atoms with Crippen molar-refractivity contribution in [2.24, 2.45) is 0 Å². The van der Waals surface area contributed by atoms with Crippen LogP contribution in [0.25, 0.3) is 0 Å². The van der Waals surface area contributed by atoms with E-state index in [4.69, 9.17) is 37.0 Å². The molecule has 0 saturated heterocycles. The molecule has 570 valence electrons. The number of esters is 4. The quantitative estimate of drug-likeness (QED) is 0.0169. The number of hydrogen-bond acceptors (Lipinski definition) is 15. The molecular formula is C83H126O17P2. The van der Waals surface area contributed by atoms with Crippen molar-refractivity contribution in [1.82, 2.24) is 0 Å². The predicted molar refractivity (Wildman–Crippen MR) is 417 cm³/mol. The lowest BCUT2D eigenvalue weighted by molar-refractivity contribution is -0.160. The van der Waals surface area contributed by atoms with Gasteiger partial charge in [-0.25, -0.2) is 9.13 Å². The summed E-state index contributed by atoms with van der Waals surface area (Å²) < 4.78 is 68.1. The lowest BCUT2D eigenvalue weighted by atomic mass is 10.1. The number of phosphoric acid groups is 2. The Morgan fingerprint density at radius 2 is 0.529 bits per heavy atom. The van der Waals surface area contributed by atoms with Crippen molar-refractivity contribution in [3.05, 3.63) is 219 Å². The number of allylic oxidation sites excluding steroid dienone is 34. The van der Waals surface area contributed by atoms with Crippen LogP contribution in [0.2, 0.25) is 0 Å². The van der Waals surface area contributed by atoms with Crippen molar-refractivity contribution in [1.29, 1.82) is 0 Å². The Morgan fingerprint density at radius 3 is 0.873 bits per heavy atom. The van der Waals surface area contributed by atoms with Crippen LogP contribution in [0.15, 0.2) is 219 Å². The fourth-order valence-electron chi connectivity index (χ4n) is 8.52. The summed E-state index contributed by atoms with van der Waals surface area (Å²) in [6, 6.07) is 0. The summed E-state index contributed by atoms with van der Waals surface area (Å²) in [5, 5.41) is 10.6. The number of aliphatic hydroxyl groups excluding tert-OH is 1. The summed E-state index contributed by atoms with van der Waals surface area (Å²) in [5.74, 6) is -2.58. The molecule has 102 heavy (non-hydrogen) atoms. The standard InChI is InChI=1S/C83H126O17P2/c1-5-9-13-17-21-25-29-33-37-38-42-44-48-52-56-60-64-68-81(86)94-74-79(100-83(88)70-66-62-58-54-50-46-41-36-32-28-24-20-16-12-8-4)76-98-102(91,92)96-72-77(84)71-95-101(89,90)97-75-78(99-82(87)69-65-61-57-53-49-45-40-35-31-27-23-19-15-11-7-3)73-93-80(85)67-63-59-55-51-47-43-39-34-30-26-22-18-14-10-6-2/h9-16,21-28,33-37,39-42,44,47,49-51,53-54,59,62-63,66,77-79,84H,5-8,17-20,29-32,38,43,45-46,48,52,55-58,60-61,64-65,67-76H2,1-4H3,(H,89,90)(H,91,92)/b13-9-,14-10-,15-11-,16-12-,25-21-,26-22-,27-23-,28-24-,37-33-,39-34-,40-35-,41-36-,44-42-,51-47-,53-49-,54-50-,63-59-,66-62-. The maximum absolute atomic E-state index is 13.1. The van der Waals surface area contributed by atoms with Crippen LogP contribution in [0, 0.1) is 0 Å². The summed E-state index contributed by atoms with van der Waals surface area (Å²) in [6.07, 6.45) is 91.5. The molecule has 0 amide bonds. The SMILES string of the molecule is CC/C=C\C/C=C\C/C=C\C/C=C\C/C=C\CC(=O)OCC(COP(=O)(O)OCC(O)COP(=O)(O)OCC(COC(=O)CCCCCC/C=C\C/C=C\C/C=C\C/C=C\CC)OC(=O)C/C=C\C/C=C\C/C=C\C/C=C\C/C=C\CC)OC(=O)CCCC/C=C\C/C=C\C/C=C\C/C=C\CC. The van der Waals surface area contributed by atoms with E-state index in [1.807, 2.05) is 36.5 Å². The molecular weight excluding hydrogens is 1330 g/mol. The monoisotopic (exact) mass is 1460 g/mol. The van der Waals surface area contributed by atoms with E-state index < -0.39 is 97.5 Å². The maximum atomic E-state index is 13.1. The third-order valence-electron chi connectivity index (χ3n) is 14.0. The molecule has 0 aromatic heterocycles. The molecule has 0 aliphatic rings. The van der Waals surface area contributed by atoms with Gasteiger partial charge < -0.3 is 33.8 Å². The Labute approximate surface area is 613 Å². The first-order valence-electron chi connectivity index (χ1n) is 37.0. The lowest BCUT2D eigenvalue weighted by Crippen LogP contribution is -2.30. The van der Waals surface area contributed by atoms with Crippen molar-refractivity contribution < 1.29 is 80.2 Å². The maximum Gasteiger partial charge on any atom is 0.472 e. The zero-order valence-corrected chi connectivity index (χ0v) is 63.7. The van der Waals surface area contributed by atoms with Crippen molar-refractivity contribution in [3.8, 4) is 0 Å². The third-order valence-corrected chi connectivity index (χ3v) is 15.9. The fraction of sp³-hybridized carbons (Fsp3) is 0.518. The van der Waals surface area contributed by atoms with E-state index in [-0.39, 0.29) is 25.7 Å². The minimum atomic E-state index is -5.03. The average Bonchev–Trinajstić information content (AvgIpc) is 0.926.